The molecule has 0 atom stereocenters. The van der Waals surface area contributed by atoms with Gasteiger partial charge in [-0.1, -0.05) is 11.6 Å². The lowest BCUT2D eigenvalue weighted by Gasteiger charge is -2.15. The van der Waals surface area contributed by atoms with E-state index in [1.54, 1.807) is 0 Å². The summed E-state index contributed by atoms with van der Waals surface area (Å²) < 4.78 is 10.3. The number of halogens is 1. The number of benzene rings is 1. The molecule has 0 aromatic heterocycles. The molecule has 0 bridgehead atoms. The lowest BCUT2D eigenvalue weighted by Crippen LogP contribution is -2.12. The minimum Gasteiger partial charge on any atom is -0.506 e. The number of phenols is 1. The standard InChI is InChI=1S/C10H14ClNO4/c1-14-8-4-7(13)9(11)6(5-12-16-3)10(8)15-2/h4,12-13H,5H2,1-3H3. The maximum atomic E-state index is 9.60. The van der Waals surface area contributed by atoms with Crippen LogP contribution >= 0.6 is 11.6 Å². The third-order valence-electron chi connectivity index (χ3n) is 2.07. The van der Waals surface area contributed by atoms with Gasteiger partial charge in [-0.3, -0.25) is 0 Å². The van der Waals surface area contributed by atoms with E-state index in [4.69, 9.17) is 25.9 Å². The zero-order valence-electron chi connectivity index (χ0n) is 9.33. The van der Waals surface area contributed by atoms with Gasteiger partial charge in [0.15, 0.2) is 11.5 Å². The molecule has 0 radical (unpaired) electrons. The summed E-state index contributed by atoms with van der Waals surface area (Å²) in [6, 6.07) is 1.40. The number of rotatable bonds is 5. The number of phenolic OH excluding ortho intramolecular Hbond substituents is 1. The van der Waals surface area contributed by atoms with Gasteiger partial charge in [-0.25, -0.2) is 0 Å². The van der Waals surface area contributed by atoms with Crippen LogP contribution in [0.5, 0.6) is 17.2 Å². The van der Waals surface area contributed by atoms with Crippen LogP contribution in [-0.4, -0.2) is 26.4 Å². The van der Waals surface area contributed by atoms with E-state index in [2.05, 4.69) is 5.48 Å². The highest BCUT2D eigenvalue weighted by atomic mass is 35.5. The molecule has 90 valence electrons. The van der Waals surface area contributed by atoms with Crippen molar-refractivity contribution in [2.75, 3.05) is 21.3 Å². The Kier molecular flexibility index (Phi) is 4.67. The van der Waals surface area contributed by atoms with Gasteiger partial charge in [0, 0.05) is 11.6 Å². The fourth-order valence-electron chi connectivity index (χ4n) is 1.33. The number of hydrogen-bond acceptors (Lipinski definition) is 5. The number of hydroxylamine groups is 1. The summed E-state index contributed by atoms with van der Waals surface area (Å²) in [4.78, 5) is 4.73. The number of ether oxygens (including phenoxy) is 2. The molecule has 2 N–H and O–H groups in total. The van der Waals surface area contributed by atoms with Gasteiger partial charge < -0.3 is 19.4 Å². The first-order valence-corrected chi connectivity index (χ1v) is 4.91. The van der Waals surface area contributed by atoms with Crippen molar-refractivity contribution in [1.29, 1.82) is 0 Å². The van der Waals surface area contributed by atoms with Gasteiger partial charge in [0.25, 0.3) is 0 Å². The average Bonchev–Trinajstić information content (AvgIpc) is 2.30. The van der Waals surface area contributed by atoms with Gasteiger partial charge in [0.1, 0.15) is 5.75 Å². The molecule has 0 unspecified atom stereocenters. The summed E-state index contributed by atoms with van der Waals surface area (Å²) >= 11 is 5.96. The summed E-state index contributed by atoms with van der Waals surface area (Å²) in [6.45, 7) is 0.295. The third-order valence-corrected chi connectivity index (χ3v) is 2.49. The Morgan fingerprint density at radius 1 is 1.31 bits per heavy atom. The first-order valence-electron chi connectivity index (χ1n) is 4.53. The van der Waals surface area contributed by atoms with Crippen LogP contribution in [0.25, 0.3) is 0 Å². The van der Waals surface area contributed by atoms with Crippen LogP contribution < -0.4 is 15.0 Å². The molecule has 0 heterocycles. The maximum Gasteiger partial charge on any atom is 0.167 e. The third kappa shape index (κ3) is 2.49. The number of methoxy groups -OCH3 is 2. The fraction of sp³-hybridized carbons (Fsp3) is 0.400. The monoisotopic (exact) mass is 247 g/mol. The first-order chi connectivity index (χ1) is 7.65. The zero-order valence-corrected chi connectivity index (χ0v) is 10.1. The predicted octanol–water partition coefficient (Wildman–Crippen LogP) is 1.71. The Balaban J connectivity index is 3.23. The molecule has 0 aliphatic carbocycles. The molecular weight excluding hydrogens is 234 g/mol. The molecule has 0 spiro atoms. The first kappa shape index (κ1) is 12.9. The summed E-state index contributed by atoms with van der Waals surface area (Å²) in [5.74, 6) is 0.819. The fourth-order valence-corrected chi connectivity index (χ4v) is 1.54. The van der Waals surface area contributed by atoms with Crippen molar-refractivity contribution in [3.05, 3.63) is 16.7 Å². The van der Waals surface area contributed by atoms with Crippen LogP contribution in [0, 0.1) is 0 Å². The van der Waals surface area contributed by atoms with Crippen LogP contribution in [0.15, 0.2) is 6.07 Å². The van der Waals surface area contributed by atoms with E-state index in [0.29, 0.717) is 23.6 Å². The molecule has 1 rings (SSSR count). The second-order valence-electron chi connectivity index (χ2n) is 2.95. The Morgan fingerprint density at radius 3 is 2.50 bits per heavy atom. The zero-order chi connectivity index (χ0) is 12.1. The topological polar surface area (TPSA) is 60.0 Å². The summed E-state index contributed by atoms with van der Waals surface area (Å²) in [5.41, 5.74) is 3.20. The molecule has 6 heteroatoms. The van der Waals surface area contributed by atoms with Crippen molar-refractivity contribution >= 4 is 11.6 Å². The average molecular weight is 248 g/mol. The van der Waals surface area contributed by atoms with E-state index in [9.17, 15) is 5.11 Å². The van der Waals surface area contributed by atoms with Gasteiger partial charge in [-0.15, -0.1) is 0 Å². The van der Waals surface area contributed by atoms with Gasteiger partial charge in [-0.2, -0.15) is 5.48 Å². The maximum absolute atomic E-state index is 9.60. The van der Waals surface area contributed by atoms with Gasteiger partial charge in [0.2, 0.25) is 0 Å². The van der Waals surface area contributed by atoms with E-state index in [-0.39, 0.29) is 10.8 Å². The number of nitrogens with one attached hydrogen (secondary N) is 1. The lowest BCUT2D eigenvalue weighted by atomic mass is 10.1. The molecule has 0 fully saturated rings. The summed E-state index contributed by atoms with van der Waals surface area (Å²) in [5, 5.41) is 9.81. The minimum absolute atomic E-state index is 0.0628. The normalized spacial score (nSPS) is 10.2. The second-order valence-corrected chi connectivity index (χ2v) is 3.33. The van der Waals surface area contributed by atoms with Crippen molar-refractivity contribution in [3.8, 4) is 17.2 Å². The molecule has 1 aromatic carbocycles. The van der Waals surface area contributed by atoms with Gasteiger partial charge in [0.05, 0.1) is 32.9 Å². The van der Waals surface area contributed by atoms with Crippen molar-refractivity contribution in [2.24, 2.45) is 0 Å². The highest BCUT2D eigenvalue weighted by Crippen LogP contribution is 2.41. The van der Waals surface area contributed by atoms with Crippen molar-refractivity contribution in [3.63, 3.8) is 0 Å². The molecule has 0 amide bonds. The highest BCUT2D eigenvalue weighted by Gasteiger charge is 2.17. The smallest absolute Gasteiger partial charge is 0.167 e. The summed E-state index contributed by atoms with van der Waals surface area (Å²) in [7, 11) is 4.47. The highest BCUT2D eigenvalue weighted by molar-refractivity contribution is 6.33. The Morgan fingerprint density at radius 2 is 2.00 bits per heavy atom. The van der Waals surface area contributed by atoms with Crippen LogP contribution in [0.3, 0.4) is 0 Å². The van der Waals surface area contributed by atoms with Crippen molar-refractivity contribution in [2.45, 2.75) is 6.54 Å². The molecule has 0 aliphatic heterocycles. The molecule has 1 aromatic rings. The minimum atomic E-state index is -0.0628. The van der Waals surface area contributed by atoms with E-state index in [0.717, 1.165) is 0 Å². The van der Waals surface area contributed by atoms with E-state index >= 15 is 0 Å². The molecule has 0 saturated carbocycles. The van der Waals surface area contributed by atoms with E-state index < -0.39 is 0 Å². The van der Waals surface area contributed by atoms with Crippen molar-refractivity contribution < 1.29 is 19.4 Å². The Bertz CT molecular complexity index is 370. The lowest BCUT2D eigenvalue weighted by molar-refractivity contribution is 0.0860. The molecular formula is C10H14ClNO4. The van der Waals surface area contributed by atoms with E-state index in [1.165, 1.54) is 27.4 Å². The van der Waals surface area contributed by atoms with Crippen LogP contribution in [-0.2, 0) is 11.4 Å². The van der Waals surface area contributed by atoms with Crippen LogP contribution in [0.1, 0.15) is 5.56 Å². The predicted molar refractivity (Wildman–Crippen MR) is 60.1 cm³/mol. The Hall–Kier alpha value is -1.17. The quantitative estimate of drug-likeness (QED) is 0.776. The molecule has 5 nitrogen and oxygen atoms in total. The number of aromatic hydroxyl groups is 1. The van der Waals surface area contributed by atoms with E-state index in [1.807, 2.05) is 0 Å². The molecule has 0 saturated heterocycles. The molecule has 0 aliphatic rings. The van der Waals surface area contributed by atoms with Crippen LogP contribution in [0.2, 0.25) is 5.02 Å². The Labute approximate surface area is 98.8 Å². The van der Waals surface area contributed by atoms with Crippen LogP contribution in [0.4, 0.5) is 0 Å². The second kappa shape index (κ2) is 5.79. The van der Waals surface area contributed by atoms with Gasteiger partial charge in [-0.05, 0) is 0 Å². The van der Waals surface area contributed by atoms with Gasteiger partial charge >= 0.3 is 0 Å². The summed E-state index contributed by atoms with van der Waals surface area (Å²) in [6.07, 6.45) is 0. The largest absolute Gasteiger partial charge is 0.506 e. The SMILES string of the molecule is CONCc1c(Cl)c(O)cc(OC)c1OC. The number of hydrogen-bond donors (Lipinski definition) is 2. The van der Waals surface area contributed by atoms with Crippen molar-refractivity contribution in [1.82, 2.24) is 5.48 Å². The molecule has 16 heavy (non-hydrogen) atoms.